The van der Waals surface area contributed by atoms with E-state index in [0.717, 1.165) is 0 Å². The molecule has 1 fully saturated rings. The van der Waals surface area contributed by atoms with E-state index in [4.69, 9.17) is 10.9 Å². The number of nitrogens with two attached hydrogens (primary N) is 1. The van der Waals surface area contributed by atoms with Gasteiger partial charge in [-0.3, -0.25) is 0 Å². The van der Waals surface area contributed by atoms with Crippen LogP contribution in [0.3, 0.4) is 0 Å². The van der Waals surface area contributed by atoms with Gasteiger partial charge in [-0.05, 0) is 6.42 Å². The lowest BCUT2D eigenvalue weighted by molar-refractivity contribution is 0.315. The molecule has 1 rings (SSSR count). The summed E-state index contributed by atoms with van der Waals surface area (Å²) in [5.41, 5.74) is 5.03. The number of rotatable bonds is 1. The molecule has 0 radical (unpaired) electrons. The molecule has 0 aliphatic heterocycles. The Morgan fingerprint density at radius 1 is 1.88 bits per heavy atom. The standard InChI is InChI=1S/C4H7FN2O/c5-3-1-2(3)4(6)7-8/h2-3,8H,1H2,(H2,6,7)/t2-,3-/m1/s1. The minimum Gasteiger partial charge on any atom is -0.409 e. The quantitative estimate of drug-likeness (QED) is 0.222. The molecule has 0 bridgehead atoms. The Balaban J connectivity index is 2.39. The third-order valence-corrected chi connectivity index (χ3v) is 1.21. The van der Waals surface area contributed by atoms with Crippen LogP contribution in [0.4, 0.5) is 4.39 Å². The number of hydrogen-bond acceptors (Lipinski definition) is 2. The molecule has 3 nitrogen and oxygen atoms in total. The van der Waals surface area contributed by atoms with Crippen LogP contribution in [0.1, 0.15) is 6.42 Å². The van der Waals surface area contributed by atoms with Gasteiger partial charge >= 0.3 is 0 Å². The predicted octanol–water partition coefficient (Wildman–Crippen LogP) is 0.0908. The van der Waals surface area contributed by atoms with Crippen molar-refractivity contribution in [1.82, 2.24) is 0 Å². The van der Waals surface area contributed by atoms with E-state index in [1.165, 1.54) is 0 Å². The summed E-state index contributed by atoms with van der Waals surface area (Å²) < 4.78 is 11.9. The number of alkyl halides is 1. The number of halogens is 1. The molecule has 0 unspecified atom stereocenters. The topological polar surface area (TPSA) is 58.6 Å². The molecule has 0 aromatic rings. The molecule has 0 aromatic heterocycles. The maximum absolute atomic E-state index is 11.9. The third-order valence-electron chi connectivity index (χ3n) is 1.21. The van der Waals surface area contributed by atoms with Crippen molar-refractivity contribution in [3.63, 3.8) is 0 Å². The summed E-state index contributed by atoms with van der Waals surface area (Å²) in [6, 6.07) is 0. The van der Waals surface area contributed by atoms with Gasteiger partial charge in [0.05, 0.1) is 5.92 Å². The monoisotopic (exact) mass is 118 g/mol. The summed E-state index contributed by atoms with van der Waals surface area (Å²) in [4.78, 5) is 0. The zero-order chi connectivity index (χ0) is 6.15. The first kappa shape index (κ1) is 5.34. The fourth-order valence-corrected chi connectivity index (χ4v) is 0.544. The number of amidine groups is 1. The molecule has 4 heteroatoms. The van der Waals surface area contributed by atoms with Crippen molar-refractivity contribution in [1.29, 1.82) is 0 Å². The lowest BCUT2D eigenvalue weighted by Crippen LogP contribution is -2.15. The van der Waals surface area contributed by atoms with Gasteiger partial charge in [0.2, 0.25) is 0 Å². The molecule has 0 aromatic carbocycles. The van der Waals surface area contributed by atoms with Gasteiger partial charge in [0.1, 0.15) is 12.0 Å². The van der Waals surface area contributed by atoms with Gasteiger partial charge in [-0.1, -0.05) is 5.16 Å². The van der Waals surface area contributed by atoms with Crippen molar-refractivity contribution in [3.8, 4) is 0 Å². The Bertz CT molecular complexity index is 125. The third kappa shape index (κ3) is 0.731. The van der Waals surface area contributed by atoms with Crippen LogP contribution in [0.2, 0.25) is 0 Å². The summed E-state index contributed by atoms with van der Waals surface area (Å²) in [6.45, 7) is 0. The Kier molecular flexibility index (Phi) is 1.08. The highest BCUT2D eigenvalue weighted by Gasteiger charge is 2.41. The molecule has 0 saturated heterocycles. The average Bonchev–Trinajstić information content (AvgIpc) is 2.45. The fraction of sp³-hybridized carbons (Fsp3) is 0.750. The van der Waals surface area contributed by atoms with Gasteiger partial charge in [0.25, 0.3) is 0 Å². The number of hydrogen-bond donors (Lipinski definition) is 2. The maximum Gasteiger partial charge on any atom is 0.145 e. The van der Waals surface area contributed by atoms with Crippen molar-refractivity contribution in [2.45, 2.75) is 12.6 Å². The molecule has 8 heavy (non-hydrogen) atoms. The van der Waals surface area contributed by atoms with Crippen LogP contribution in [-0.4, -0.2) is 17.2 Å². The molecular formula is C4H7FN2O. The minimum absolute atomic E-state index is 0.0116. The van der Waals surface area contributed by atoms with E-state index in [1.807, 2.05) is 0 Å². The first-order valence-electron chi connectivity index (χ1n) is 2.37. The lowest BCUT2D eigenvalue weighted by Gasteiger charge is -1.87. The highest BCUT2D eigenvalue weighted by atomic mass is 19.1. The molecule has 2 atom stereocenters. The molecule has 0 spiro atoms. The van der Waals surface area contributed by atoms with E-state index >= 15 is 0 Å². The van der Waals surface area contributed by atoms with Crippen LogP contribution < -0.4 is 5.73 Å². The molecule has 0 heterocycles. The molecular weight excluding hydrogens is 111 g/mol. The fourth-order valence-electron chi connectivity index (χ4n) is 0.544. The molecule has 1 saturated carbocycles. The molecule has 1 aliphatic carbocycles. The Morgan fingerprint density at radius 2 is 2.38 bits per heavy atom. The second-order valence-electron chi connectivity index (χ2n) is 1.88. The van der Waals surface area contributed by atoms with Crippen molar-refractivity contribution >= 4 is 5.84 Å². The average molecular weight is 118 g/mol. The predicted molar refractivity (Wildman–Crippen MR) is 26.4 cm³/mol. The Labute approximate surface area is 46.0 Å². The molecule has 0 amide bonds. The van der Waals surface area contributed by atoms with Crippen LogP contribution in [0.5, 0.6) is 0 Å². The van der Waals surface area contributed by atoms with Gasteiger partial charge < -0.3 is 10.9 Å². The van der Waals surface area contributed by atoms with Gasteiger partial charge in [0, 0.05) is 0 Å². The van der Waals surface area contributed by atoms with Crippen molar-refractivity contribution < 1.29 is 9.60 Å². The van der Waals surface area contributed by atoms with Gasteiger partial charge in [-0.2, -0.15) is 0 Å². The van der Waals surface area contributed by atoms with Gasteiger partial charge in [-0.25, -0.2) is 4.39 Å². The highest BCUT2D eigenvalue weighted by molar-refractivity contribution is 5.85. The summed E-state index contributed by atoms with van der Waals surface area (Å²) in [7, 11) is 0. The maximum atomic E-state index is 11.9. The van der Waals surface area contributed by atoms with E-state index in [-0.39, 0.29) is 11.8 Å². The molecule has 3 N–H and O–H groups in total. The van der Waals surface area contributed by atoms with Crippen molar-refractivity contribution in [3.05, 3.63) is 0 Å². The SMILES string of the molecule is NC(=NO)[C@@H]1C[C@H]1F. The summed E-state index contributed by atoms with van der Waals surface area (Å²) >= 11 is 0. The van der Waals surface area contributed by atoms with Crippen molar-refractivity contribution in [2.75, 3.05) is 0 Å². The largest absolute Gasteiger partial charge is 0.409 e. The van der Waals surface area contributed by atoms with Crippen LogP contribution in [0.15, 0.2) is 5.16 Å². The summed E-state index contributed by atoms with van der Waals surface area (Å²) in [5, 5.41) is 10.6. The zero-order valence-electron chi connectivity index (χ0n) is 4.21. The van der Waals surface area contributed by atoms with Crippen LogP contribution in [-0.2, 0) is 0 Å². The number of oxime groups is 1. The Morgan fingerprint density at radius 3 is 2.50 bits per heavy atom. The van der Waals surface area contributed by atoms with E-state index in [0.29, 0.717) is 6.42 Å². The van der Waals surface area contributed by atoms with Crippen LogP contribution >= 0.6 is 0 Å². The lowest BCUT2D eigenvalue weighted by atomic mass is 10.4. The first-order chi connectivity index (χ1) is 3.75. The minimum atomic E-state index is -0.870. The number of nitrogens with zero attached hydrogens (tertiary/aromatic N) is 1. The van der Waals surface area contributed by atoms with E-state index < -0.39 is 6.17 Å². The van der Waals surface area contributed by atoms with E-state index in [1.54, 1.807) is 0 Å². The summed E-state index contributed by atoms with van der Waals surface area (Å²) in [5.74, 6) is -0.294. The zero-order valence-corrected chi connectivity index (χ0v) is 4.21. The smallest absolute Gasteiger partial charge is 0.145 e. The van der Waals surface area contributed by atoms with Crippen molar-refractivity contribution in [2.24, 2.45) is 16.8 Å². The second-order valence-corrected chi connectivity index (χ2v) is 1.88. The second kappa shape index (κ2) is 1.61. The van der Waals surface area contributed by atoms with E-state index in [9.17, 15) is 4.39 Å². The normalized spacial score (nSPS) is 37.4. The van der Waals surface area contributed by atoms with E-state index in [2.05, 4.69) is 5.16 Å². The summed E-state index contributed by atoms with van der Waals surface area (Å²) in [6.07, 6.45) is -0.457. The van der Waals surface area contributed by atoms with Gasteiger partial charge in [-0.15, -0.1) is 0 Å². The Hall–Kier alpha value is -0.800. The van der Waals surface area contributed by atoms with Gasteiger partial charge in [0.15, 0.2) is 0 Å². The van der Waals surface area contributed by atoms with Crippen LogP contribution in [0.25, 0.3) is 0 Å². The molecule has 46 valence electrons. The van der Waals surface area contributed by atoms with Crippen LogP contribution in [0, 0.1) is 5.92 Å². The highest BCUT2D eigenvalue weighted by Crippen LogP contribution is 2.33. The first-order valence-corrected chi connectivity index (χ1v) is 2.37. The molecule has 1 aliphatic rings.